The molecule has 0 aliphatic rings. The van der Waals surface area contributed by atoms with E-state index in [1.807, 2.05) is 0 Å². The van der Waals surface area contributed by atoms with Crippen LogP contribution in [0.3, 0.4) is 0 Å². The molecule has 2 N–H and O–H groups in total. The number of hydrogen-bond donors (Lipinski definition) is 2. The summed E-state index contributed by atoms with van der Waals surface area (Å²) < 4.78 is 10.3. The minimum Gasteiger partial charge on any atom is -0.493 e. The number of unbranched alkanes of at least 4 members (excludes halogenated alkanes) is 1. The van der Waals surface area contributed by atoms with Gasteiger partial charge >= 0.3 is 5.97 Å². The number of nitrogens with one attached hydrogen (secondary N) is 1. The molecule has 0 atom stereocenters. The summed E-state index contributed by atoms with van der Waals surface area (Å²) in [5.41, 5.74) is 0.394. The van der Waals surface area contributed by atoms with Gasteiger partial charge in [0.2, 0.25) is 0 Å². The van der Waals surface area contributed by atoms with Gasteiger partial charge in [0.15, 0.2) is 11.5 Å². The van der Waals surface area contributed by atoms with Crippen molar-refractivity contribution < 1.29 is 24.2 Å². The zero-order valence-electron chi connectivity index (χ0n) is 11.6. The molecule has 0 saturated carbocycles. The normalized spacial score (nSPS) is 9.90. The molecule has 0 aliphatic heterocycles. The first-order valence-electron chi connectivity index (χ1n) is 6.31. The Morgan fingerprint density at radius 1 is 1.20 bits per heavy atom. The van der Waals surface area contributed by atoms with Crippen LogP contribution >= 0.6 is 0 Å². The summed E-state index contributed by atoms with van der Waals surface area (Å²) in [5, 5.41) is 11.2. The Balaban J connectivity index is 2.57. The molecule has 6 heteroatoms. The number of para-hydroxylation sites is 1. The second kappa shape index (κ2) is 8.04. The SMILES string of the molecule is COc1cccc(C(=O)NCCCCC(=O)O)c1OC. The van der Waals surface area contributed by atoms with Crippen molar-refractivity contribution in [3.8, 4) is 11.5 Å². The third kappa shape index (κ3) is 4.46. The fraction of sp³-hybridized carbons (Fsp3) is 0.429. The number of carbonyl (C=O) groups excluding carboxylic acids is 1. The topological polar surface area (TPSA) is 84.9 Å². The highest BCUT2D eigenvalue weighted by Gasteiger charge is 2.15. The Labute approximate surface area is 117 Å². The number of hydrogen-bond acceptors (Lipinski definition) is 4. The lowest BCUT2D eigenvalue weighted by Gasteiger charge is -2.12. The molecule has 1 rings (SSSR count). The predicted octanol–water partition coefficient (Wildman–Crippen LogP) is 1.69. The third-order valence-electron chi connectivity index (χ3n) is 2.75. The molecule has 0 heterocycles. The quantitative estimate of drug-likeness (QED) is 0.708. The molecule has 6 nitrogen and oxygen atoms in total. The lowest BCUT2D eigenvalue weighted by Crippen LogP contribution is -2.25. The average Bonchev–Trinajstić information content (AvgIpc) is 2.45. The van der Waals surface area contributed by atoms with Gasteiger partial charge in [-0.05, 0) is 25.0 Å². The van der Waals surface area contributed by atoms with Crippen LogP contribution in [0.15, 0.2) is 18.2 Å². The smallest absolute Gasteiger partial charge is 0.303 e. The van der Waals surface area contributed by atoms with Crippen LogP contribution in [0.5, 0.6) is 11.5 Å². The largest absolute Gasteiger partial charge is 0.493 e. The number of carbonyl (C=O) groups is 2. The number of methoxy groups -OCH3 is 2. The molecule has 110 valence electrons. The van der Waals surface area contributed by atoms with Crippen molar-refractivity contribution in [3.05, 3.63) is 23.8 Å². The minimum atomic E-state index is -0.828. The molecule has 0 aliphatic carbocycles. The molecule has 0 spiro atoms. The molecule has 0 aromatic heterocycles. The number of benzene rings is 1. The fourth-order valence-corrected chi connectivity index (χ4v) is 1.76. The van der Waals surface area contributed by atoms with Crippen molar-refractivity contribution in [3.63, 3.8) is 0 Å². The number of amides is 1. The van der Waals surface area contributed by atoms with Crippen molar-refractivity contribution in [1.29, 1.82) is 0 Å². The Hall–Kier alpha value is -2.24. The number of carboxylic acids is 1. The van der Waals surface area contributed by atoms with E-state index in [4.69, 9.17) is 14.6 Å². The summed E-state index contributed by atoms with van der Waals surface area (Å²) in [6, 6.07) is 5.07. The van der Waals surface area contributed by atoms with Gasteiger partial charge in [0.1, 0.15) is 0 Å². The van der Waals surface area contributed by atoms with E-state index < -0.39 is 5.97 Å². The maximum Gasteiger partial charge on any atom is 0.303 e. The van der Waals surface area contributed by atoms with Gasteiger partial charge in [-0.3, -0.25) is 9.59 Å². The van der Waals surface area contributed by atoms with Gasteiger partial charge in [0.05, 0.1) is 19.8 Å². The molecular weight excluding hydrogens is 262 g/mol. The third-order valence-corrected chi connectivity index (χ3v) is 2.75. The summed E-state index contributed by atoms with van der Waals surface area (Å²) >= 11 is 0. The highest BCUT2D eigenvalue weighted by atomic mass is 16.5. The lowest BCUT2D eigenvalue weighted by molar-refractivity contribution is -0.137. The Morgan fingerprint density at radius 3 is 2.55 bits per heavy atom. The summed E-state index contributed by atoms with van der Waals surface area (Å²) in [4.78, 5) is 22.4. The van der Waals surface area contributed by atoms with Crippen molar-refractivity contribution in [1.82, 2.24) is 5.32 Å². The van der Waals surface area contributed by atoms with Crippen molar-refractivity contribution in [2.24, 2.45) is 0 Å². The molecule has 0 saturated heterocycles. The van der Waals surface area contributed by atoms with E-state index in [0.717, 1.165) is 0 Å². The van der Waals surface area contributed by atoms with Gasteiger partial charge in [-0.25, -0.2) is 0 Å². The molecule has 0 unspecified atom stereocenters. The first-order valence-corrected chi connectivity index (χ1v) is 6.31. The molecule has 20 heavy (non-hydrogen) atoms. The average molecular weight is 281 g/mol. The molecular formula is C14H19NO5. The number of rotatable bonds is 8. The standard InChI is InChI=1S/C14H19NO5/c1-19-11-7-5-6-10(13(11)20-2)14(18)15-9-4-3-8-12(16)17/h5-7H,3-4,8-9H2,1-2H3,(H,15,18)(H,16,17). The minimum absolute atomic E-state index is 0.109. The van der Waals surface area contributed by atoms with Crippen molar-refractivity contribution in [2.45, 2.75) is 19.3 Å². The van der Waals surface area contributed by atoms with Gasteiger partial charge in [0.25, 0.3) is 5.91 Å². The molecule has 0 radical (unpaired) electrons. The fourth-order valence-electron chi connectivity index (χ4n) is 1.76. The van der Waals surface area contributed by atoms with Gasteiger partial charge in [0, 0.05) is 13.0 Å². The van der Waals surface area contributed by atoms with E-state index in [2.05, 4.69) is 5.32 Å². The molecule has 1 amide bonds. The van der Waals surface area contributed by atoms with E-state index in [9.17, 15) is 9.59 Å². The van der Waals surface area contributed by atoms with Gasteiger partial charge in [-0.2, -0.15) is 0 Å². The summed E-state index contributed by atoms with van der Waals surface area (Å²) in [6.07, 6.45) is 1.26. The van der Waals surface area contributed by atoms with E-state index in [1.54, 1.807) is 18.2 Å². The van der Waals surface area contributed by atoms with E-state index in [-0.39, 0.29) is 12.3 Å². The highest BCUT2D eigenvalue weighted by molar-refractivity contribution is 5.97. The summed E-state index contributed by atoms with van der Waals surface area (Å²) in [7, 11) is 2.98. The Kier molecular flexibility index (Phi) is 6.36. The number of aliphatic carboxylic acids is 1. The van der Waals surface area contributed by atoms with Gasteiger partial charge < -0.3 is 19.9 Å². The maximum atomic E-state index is 12.0. The van der Waals surface area contributed by atoms with Crippen LogP contribution in [-0.2, 0) is 4.79 Å². The Morgan fingerprint density at radius 2 is 1.95 bits per heavy atom. The second-order valence-corrected chi connectivity index (χ2v) is 4.15. The lowest BCUT2D eigenvalue weighted by atomic mass is 10.1. The summed E-state index contributed by atoms with van der Waals surface area (Å²) in [6.45, 7) is 0.423. The Bertz CT molecular complexity index is 473. The molecule has 0 bridgehead atoms. The molecule has 0 fully saturated rings. The van der Waals surface area contributed by atoms with Crippen LogP contribution < -0.4 is 14.8 Å². The van der Waals surface area contributed by atoms with Crippen LogP contribution in [0, 0.1) is 0 Å². The zero-order chi connectivity index (χ0) is 15.0. The molecule has 1 aromatic rings. The van der Waals surface area contributed by atoms with E-state index in [0.29, 0.717) is 36.4 Å². The van der Waals surface area contributed by atoms with E-state index in [1.165, 1.54) is 14.2 Å². The van der Waals surface area contributed by atoms with Crippen LogP contribution in [-0.4, -0.2) is 37.7 Å². The second-order valence-electron chi connectivity index (χ2n) is 4.15. The number of carboxylic acid groups (broad SMARTS) is 1. The van der Waals surface area contributed by atoms with Crippen molar-refractivity contribution >= 4 is 11.9 Å². The predicted molar refractivity (Wildman–Crippen MR) is 73.4 cm³/mol. The van der Waals surface area contributed by atoms with Crippen LogP contribution in [0.2, 0.25) is 0 Å². The first-order chi connectivity index (χ1) is 9.60. The maximum absolute atomic E-state index is 12.0. The van der Waals surface area contributed by atoms with Gasteiger partial charge in [-0.1, -0.05) is 6.07 Å². The highest BCUT2D eigenvalue weighted by Crippen LogP contribution is 2.30. The summed E-state index contributed by atoms with van der Waals surface area (Å²) in [5.74, 6) is -0.217. The number of ether oxygens (including phenoxy) is 2. The van der Waals surface area contributed by atoms with Crippen molar-refractivity contribution in [2.75, 3.05) is 20.8 Å². The zero-order valence-corrected chi connectivity index (χ0v) is 11.6. The monoisotopic (exact) mass is 281 g/mol. The van der Waals surface area contributed by atoms with E-state index >= 15 is 0 Å². The van der Waals surface area contributed by atoms with Crippen LogP contribution in [0.1, 0.15) is 29.6 Å². The van der Waals surface area contributed by atoms with Crippen LogP contribution in [0.4, 0.5) is 0 Å². The van der Waals surface area contributed by atoms with Crippen LogP contribution in [0.25, 0.3) is 0 Å². The van der Waals surface area contributed by atoms with Gasteiger partial charge in [-0.15, -0.1) is 0 Å². The first kappa shape index (κ1) is 15.8. The molecule has 1 aromatic carbocycles.